The number of benzene rings is 1. The van der Waals surface area contributed by atoms with Gasteiger partial charge < -0.3 is 31.5 Å². The van der Waals surface area contributed by atoms with Crippen LogP contribution in [0.2, 0.25) is 0 Å². The number of nitrogens with one attached hydrogen (secondary N) is 3. The third-order valence-corrected chi connectivity index (χ3v) is 5.64. The monoisotopic (exact) mass is 471 g/mol. The molecule has 3 heterocycles. The lowest BCUT2D eigenvalue weighted by molar-refractivity contribution is -0.144. The molecule has 0 radical (unpaired) electrons. The first-order valence-electron chi connectivity index (χ1n) is 10.2. The first-order chi connectivity index (χ1) is 16.2. The molecule has 1 aromatic heterocycles. The van der Waals surface area contributed by atoms with Gasteiger partial charge in [-0.25, -0.2) is 14.4 Å². The van der Waals surface area contributed by atoms with E-state index in [0.717, 1.165) is 9.80 Å². The molecule has 14 nitrogen and oxygen atoms in total. The van der Waals surface area contributed by atoms with Crippen LogP contribution in [0, 0.1) is 0 Å². The minimum absolute atomic E-state index is 0.0816. The van der Waals surface area contributed by atoms with Gasteiger partial charge in [0.1, 0.15) is 12.1 Å². The second-order valence-electron chi connectivity index (χ2n) is 7.81. The van der Waals surface area contributed by atoms with Crippen molar-refractivity contribution >= 4 is 41.3 Å². The molecule has 4 rings (SSSR count). The highest BCUT2D eigenvalue weighted by Gasteiger charge is 2.48. The van der Waals surface area contributed by atoms with Crippen molar-refractivity contribution in [3.05, 3.63) is 46.2 Å². The quantitative estimate of drug-likeness (QED) is 0.293. The van der Waals surface area contributed by atoms with Crippen LogP contribution in [0.3, 0.4) is 0 Å². The molecule has 0 spiro atoms. The van der Waals surface area contributed by atoms with Gasteiger partial charge in [0.2, 0.25) is 5.95 Å². The fourth-order valence-corrected chi connectivity index (χ4v) is 4.06. The van der Waals surface area contributed by atoms with E-state index >= 15 is 0 Å². The SMILES string of the molecule is Nc1nc2c(c(=O)[nH]1)N1C(=O)N(C(C[C@H](NC(=O)c3ccccc3)C(=O)O)C(=O)O)CC1CN2. The zero-order valence-corrected chi connectivity index (χ0v) is 17.6. The summed E-state index contributed by atoms with van der Waals surface area (Å²) in [6.07, 6.45) is -0.591. The highest BCUT2D eigenvalue weighted by molar-refractivity contribution is 6.01. The van der Waals surface area contributed by atoms with E-state index in [9.17, 15) is 34.2 Å². The average Bonchev–Trinajstić information content (AvgIpc) is 3.12. The van der Waals surface area contributed by atoms with Crippen LogP contribution < -0.4 is 26.8 Å². The molecule has 0 bridgehead atoms. The number of rotatable bonds is 7. The molecule has 2 aliphatic rings. The molecule has 0 saturated carbocycles. The highest BCUT2D eigenvalue weighted by Crippen LogP contribution is 2.33. The van der Waals surface area contributed by atoms with Gasteiger partial charge in [-0.15, -0.1) is 0 Å². The van der Waals surface area contributed by atoms with E-state index in [2.05, 4.69) is 20.6 Å². The predicted octanol–water partition coefficient (Wildman–Crippen LogP) is -0.885. The van der Waals surface area contributed by atoms with Crippen LogP contribution in [0.25, 0.3) is 0 Å². The van der Waals surface area contributed by atoms with E-state index in [0.29, 0.717) is 0 Å². The Bertz CT molecular complexity index is 1220. The third-order valence-electron chi connectivity index (χ3n) is 5.64. The van der Waals surface area contributed by atoms with Crippen LogP contribution >= 0.6 is 0 Å². The zero-order chi connectivity index (χ0) is 24.6. The van der Waals surface area contributed by atoms with Gasteiger partial charge in [0.25, 0.3) is 11.5 Å². The maximum Gasteiger partial charge on any atom is 0.326 e. The van der Waals surface area contributed by atoms with Crippen LogP contribution in [0.1, 0.15) is 16.8 Å². The van der Waals surface area contributed by atoms with Crippen molar-refractivity contribution in [2.45, 2.75) is 24.5 Å². The second-order valence-corrected chi connectivity index (χ2v) is 7.81. The number of anilines is 3. The number of carbonyl (C=O) groups is 4. The molecular weight excluding hydrogens is 450 g/mol. The first kappa shape index (κ1) is 22.6. The predicted molar refractivity (Wildman–Crippen MR) is 118 cm³/mol. The summed E-state index contributed by atoms with van der Waals surface area (Å²) in [4.78, 5) is 70.3. The van der Waals surface area contributed by atoms with Gasteiger partial charge in [0.05, 0.1) is 6.04 Å². The van der Waals surface area contributed by atoms with Crippen molar-refractivity contribution in [2.75, 3.05) is 29.0 Å². The number of hydrogen-bond acceptors (Lipinski definition) is 8. The number of carboxylic acids is 2. The summed E-state index contributed by atoms with van der Waals surface area (Å²) in [6.45, 7) is 0.0790. The van der Waals surface area contributed by atoms with E-state index < -0.39 is 54.0 Å². The number of hydrogen-bond donors (Lipinski definition) is 6. The van der Waals surface area contributed by atoms with Gasteiger partial charge in [-0.3, -0.25) is 19.5 Å². The normalized spacial score (nSPS) is 18.4. The van der Waals surface area contributed by atoms with Crippen LogP contribution in [-0.4, -0.2) is 80.2 Å². The van der Waals surface area contributed by atoms with Crippen molar-refractivity contribution in [1.29, 1.82) is 0 Å². The Balaban J connectivity index is 1.58. The van der Waals surface area contributed by atoms with E-state index in [1.807, 2.05) is 0 Å². The molecule has 2 aromatic rings. The Morgan fingerprint density at radius 2 is 1.88 bits per heavy atom. The lowest BCUT2D eigenvalue weighted by atomic mass is 10.0. The number of aromatic nitrogens is 2. The molecular formula is C20H21N7O7. The minimum Gasteiger partial charge on any atom is -0.480 e. The molecule has 14 heteroatoms. The Morgan fingerprint density at radius 3 is 2.53 bits per heavy atom. The molecule has 1 saturated heterocycles. The number of H-pyrrole nitrogens is 1. The van der Waals surface area contributed by atoms with Crippen LogP contribution in [0.4, 0.5) is 22.2 Å². The molecule has 1 aromatic carbocycles. The van der Waals surface area contributed by atoms with Crippen LogP contribution in [0.5, 0.6) is 0 Å². The molecule has 1 fully saturated rings. The van der Waals surface area contributed by atoms with Gasteiger partial charge in [-0.2, -0.15) is 4.98 Å². The number of fused-ring (bicyclic) bond motifs is 3. The standard InChI is InChI=1S/C20H21N7O7/c21-19-24-14-13(16(29)25-19)27-10(7-22-14)8-26(20(27)34)12(18(32)33)6-11(17(30)31)23-15(28)9-4-2-1-3-5-9/h1-5,10-12H,6-8H2,(H,23,28)(H,30,31)(H,32,33)(H4,21,22,24,25,29)/t10?,11-,12?/m0/s1. The Kier molecular flexibility index (Phi) is 5.79. The lowest BCUT2D eigenvalue weighted by Gasteiger charge is -2.29. The number of amides is 3. The van der Waals surface area contributed by atoms with Crippen molar-refractivity contribution in [1.82, 2.24) is 20.2 Å². The van der Waals surface area contributed by atoms with Crippen molar-refractivity contribution in [3.63, 3.8) is 0 Å². The third kappa shape index (κ3) is 4.07. The van der Waals surface area contributed by atoms with Crippen molar-refractivity contribution < 1.29 is 29.4 Å². The number of aliphatic carboxylic acids is 2. The topological polar surface area (TPSA) is 211 Å². The van der Waals surface area contributed by atoms with E-state index in [1.54, 1.807) is 18.2 Å². The Labute approximate surface area is 191 Å². The Morgan fingerprint density at radius 1 is 1.18 bits per heavy atom. The number of nitrogen functional groups attached to an aromatic ring is 1. The van der Waals surface area contributed by atoms with E-state index in [-0.39, 0.29) is 36.1 Å². The molecule has 178 valence electrons. The largest absolute Gasteiger partial charge is 0.480 e. The van der Waals surface area contributed by atoms with E-state index in [4.69, 9.17) is 5.73 Å². The first-order valence-corrected chi connectivity index (χ1v) is 10.2. The fourth-order valence-electron chi connectivity index (χ4n) is 4.06. The molecule has 7 N–H and O–H groups in total. The minimum atomic E-state index is -1.59. The number of carboxylic acid groups (broad SMARTS) is 2. The van der Waals surface area contributed by atoms with Gasteiger partial charge in [0.15, 0.2) is 11.5 Å². The number of aromatic amines is 1. The molecule has 2 aliphatic heterocycles. The maximum absolute atomic E-state index is 13.2. The molecule has 34 heavy (non-hydrogen) atoms. The molecule has 2 unspecified atom stereocenters. The van der Waals surface area contributed by atoms with Gasteiger partial charge in [-0.1, -0.05) is 18.2 Å². The fraction of sp³-hybridized carbons (Fsp3) is 0.300. The van der Waals surface area contributed by atoms with Crippen molar-refractivity contribution in [3.8, 4) is 0 Å². The summed E-state index contributed by atoms with van der Waals surface area (Å²) in [6, 6.07) is 3.27. The van der Waals surface area contributed by atoms with Gasteiger partial charge in [-0.05, 0) is 12.1 Å². The number of nitrogens with two attached hydrogens (primary N) is 1. The highest BCUT2D eigenvalue weighted by atomic mass is 16.4. The van der Waals surface area contributed by atoms with Gasteiger partial charge >= 0.3 is 18.0 Å². The zero-order valence-electron chi connectivity index (χ0n) is 17.6. The molecule has 3 atom stereocenters. The van der Waals surface area contributed by atoms with E-state index in [1.165, 1.54) is 12.1 Å². The Hall–Kier alpha value is -4.62. The molecule has 3 amide bonds. The smallest absolute Gasteiger partial charge is 0.326 e. The second kappa shape index (κ2) is 8.73. The number of carbonyl (C=O) groups excluding carboxylic acids is 2. The summed E-state index contributed by atoms with van der Waals surface area (Å²) >= 11 is 0. The summed E-state index contributed by atoms with van der Waals surface area (Å²) in [5.74, 6) is -3.68. The number of urea groups is 1. The maximum atomic E-state index is 13.2. The summed E-state index contributed by atoms with van der Waals surface area (Å²) < 4.78 is 0. The van der Waals surface area contributed by atoms with Crippen molar-refractivity contribution in [2.24, 2.45) is 0 Å². The summed E-state index contributed by atoms with van der Waals surface area (Å²) in [7, 11) is 0. The van der Waals surface area contributed by atoms with Crippen LogP contribution in [0.15, 0.2) is 35.1 Å². The number of nitrogens with zero attached hydrogens (tertiary/aromatic N) is 3. The summed E-state index contributed by atoms with van der Waals surface area (Å²) in [5, 5.41) is 24.6. The lowest BCUT2D eigenvalue weighted by Crippen LogP contribution is -2.51. The van der Waals surface area contributed by atoms with Crippen LogP contribution in [-0.2, 0) is 9.59 Å². The summed E-state index contributed by atoms with van der Waals surface area (Å²) in [5.41, 5.74) is 4.96. The van der Waals surface area contributed by atoms with Gasteiger partial charge in [0, 0.05) is 25.1 Å². The average molecular weight is 471 g/mol. The molecule has 0 aliphatic carbocycles.